The molecular weight excluding hydrogens is 623 g/mol. The number of fused-ring (bicyclic) bond motifs is 1. The zero-order chi connectivity index (χ0) is 33.6. The van der Waals surface area contributed by atoms with E-state index in [-0.39, 0.29) is 29.3 Å². The molecule has 0 saturated heterocycles. The normalized spacial score (nSPS) is 11.5. The van der Waals surface area contributed by atoms with Crippen LogP contribution in [0.4, 0.5) is 16.3 Å². The van der Waals surface area contributed by atoms with Gasteiger partial charge in [0.15, 0.2) is 5.82 Å². The van der Waals surface area contributed by atoms with Gasteiger partial charge < -0.3 is 10.6 Å². The van der Waals surface area contributed by atoms with E-state index in [4.69, 9.17) is 24.2 Å². The Kier molecular flexibility index (Phi) is 10.5. The molecule has 0 spiro atoms. The van der Waals surface area contributed by atoms with Gasteiger partial charge in [-0.2, -0.15) is 5.10 Å². The summed E-state index contributed by atoms with van der Waals surface area (Å²) in [6.07, 6.45) is 1.70. The number of aryl methyl sites for hydroxylation is 2. The van der Waals surface area contributed by atoms with Gasteiger partial charge in [-0.3, -0.25) is 9.59 Å². The molecule has 0 atom stereocenters. The largest absolute Gasteiger partial charge is 0.111 e. The number of hydrogen-bond donors (Lipinski definition) is 5. The van der Waals surface area contributed by atoms with Gasteiger partial charge in [0.25, 0.3) is 5.91 Å². The van der Waals surface area contributed by atoms with Crippen LogP contribution in [0.1, 0.15) is 56.0 Å². The first-order valence-corrected chi connectivity index (χ1v) is 15.7. The average molecular weight is 657 g/mol. The monoisotopic (exact) mass is 656 g/mol. The Bertz CT molecular complexity index is 1770. The maximum absolute atomic E-state index is 13.5. The van der Waals surface area contributed by atoms with E-state index in [1.54, 1.807) is 32.0 Å². The predicted octanol–water partition coefficient (Wildman–Crippen LogP) is 3.02. The molecule has 2 heterocycles. The number of amides is 3. The van der Waals surface area contributed by atoms with Crippen molar-refractivity contribution < 1.29 is 47.9 Å². The second kappa shape index (κ2) is 14.3. The van der Waals surface area contributed by atoms with Crippen molar-refractivity contribution in [2.24, 2.45) is 0 Å². The molecule has 2 aromatic heterocycles. The Morgan fingerprint density at radius 1 is 0.978 bits per heavy atom. The standard InChI is InChI=1S/C29H33N6O10P/c1-5-30-26(36)20-8-7-17(3)23(13-20)33-25-24-18(4)22(14-35(24)32-15-31-25)27(37)34(6-2)29(39)44-16-43-28(38)19-9-11-21(12-10-19)45-46(40,41)42/h7-15,40-42,46H,5-6,16H2,1-4H3,(H,30,36)(H,31,32,33). The van der Waals surface area contributed by atoms with Crippen molar-refractivity contribution in [1.29, 1.82) is 0 Å². The summed E-state index contributed by atoms with van der Waals surface area (Å²) < 4.78 is 16.0. The van der Waals surface area contributed by atoms with Crippen molar-refractivity contribution in [3.8, 4) is 5.75 Å². The third-order valence-corrected chi connectivity index (χ3v) is 7.16. The molecule has 5 N–H and O–H groups in total. The molecule has 17 heteroatoms. The number of nitrogens with zero attached hydrogens (tertiary/aromatic N) is 4. The van der Waals surface area contributed by atoms with E-state index >= 15 is 0 Å². The molecule has 4 rings (SSSR count). The van der Waals surface area contributed by atoms with Crippen molar-refractivity contribution >= 4 is 49.1 Å². The van der Waals surface area contributed by atoms with Gasteiger partial charge in [0.05, 0.1) is 5.56 Å². The molecule has 244 valence electrons. The maximum atomic E-state index is 13.5. The number of nitrogens with one attached hydrogen (secondary N) is 2. The molecule has 0 aliphatic heterocycles. The Morgan fingerprint density at radius 2 is 1.67 bits per heavy atom. The van der Waals surface area contributed by atoms with Crippen LogP contribution < -0.4 is 15.2 Å². The van der Waals surface area contributed by atoms with Gasteiger partial charge in [0.1, 0.15) is 11.8 Å². The SMILES string of the molecule is CCNC(=O)c1ccc(C)c(Nc2ncnn3cc(C(=O)N(CC)C(=O)OCOC(=O)c4ccc(O[PH](O)(O)O)cc4)c(C)c23)c1. The minimum absolute atomic E-state index is 0.0145. The number of esters is 1. The summed E-state index contributed by atoms with van der Waals surface area (Å²) in [5.41, 5.74) is 3.03. The van der Waals surface area contributed by atoms with E-state index < -0.39 is 32.9 Å². The fourth-order valence-electron chi connectivity index (χ4n) is 4.37. The third kappa shape index (κ3) is 7.92. The van der Waals surface area contributed by atoms with E-state index in [1.165, 1.54) is 41.3 Å². The van der Waals surface area contributed by atoms with Crippen molar-refractivity contribution in [2.75, 3.05) is 25.2 Å². The van der Waals surface area contributed by atoms with Gasteiger partial charge in [-0.25, -0.2) is 9.50 Å². The molecule has 0 aliphatic rings. The molecule has 46 heavy (non-hydrogen) atoms. The molecule has 2 aromatic carbocycles. The predicted molar refractivity (Wildman–Crippen MR) is 166 cm³/mol. The van der Waals surface area contributed by atoms with Crippen LogP contribution in [0.25, 0.3) is 5.52 Å². The van der Waals surface area contributed by atoms with E-state index in [0.717, 1.165) is 10.5 Å². The molecule has 0 aliphatic carbocycles. The van der Waals surface area contributed by atoms with Gasteiger partial charge in [-0.1, -0.05) is 6.07 Å². The van der Waals surface area contributed by atoms with Crippen LogP contribution in [0.15, 0.2) is 55.0 Å². The molecule has 0 saturated carbocycles. The quantitative estimate of drug-likeness (QED) is 0.0893. The number of carbonyl (C=O) groups is 4. The molecule has 0 radical (unpaired) electrons. The summed E-state index contributed by atoms with van der Waals surface area (Å²) in [4.78, 5) is 83.2. The minimum atomic E-state index is -4.80. The summed E-state index contributed by atoms with van der Waals surface area (Å²) in [5.74, 6) is -1.52. The molecule has 0 unspecified atom stereocenters. The van der Waals surface area contributed by atoms with Gasteiger partial charge in [-0.15, -0.1) is 0 Å². The van der Waals surface area contributed by atoms with Gasteiger partial charge in [0.2, 0.25) is 0 Å². The Balaban J connectivity index is 1.46. The van der Waals surface area contributed by atoms with Crippen molar-refractivity contribution in [2.45, 2.75) is 27.7 Å². The molecule has 3 amide bonds. The summed E-state index contributed by atoms with van der Waals surface area (Å²) in [7, 11) is -4.80. The number of aromatic nitrogens is 3. The Morgan fingerprint density at radius 3 is 2.33 bits per heavy atom. The third-order valence-electron chi connectivity index (χ3n) is 6.65. The zero-order valence-corrected chi connectivity index (χ0v) is 26.3. The summed E-state index contributed by atoms with van der Waals surface area (Å²) in [6.45, 7) is 6.56. The Hall–Kier alpha value is -5.15. The first-order valence-electron chi connectivity index (χ1n) is 13.9. The van der Waals surface area contributed by atoms with Crippen LogP contribution in [-0.4, -0.2) is 77.9 Å². The first kappa shape index (κ1) is 33.7. The molecular formula is C29H33N6O10P. The van der Waals surface area contributed by atoms with E-state index in [1.807, 2.05) is 13.8 Å². The number of benzene rings is 2. The van der Waals surface area contributed by atoms with Gasteiger partial charge in [0, 0.05) is 24.0 Å². The van der Waals surface area contributed by atoms with Gasteiger partial charge in [-0.05, 0) is 51.0 Å². The second-order valence-corrected chi connectivity index (χ2v) is 11.1. The topological polar surface area (TPSA) is 214 Å². The van der Waals surface area contributed by atoms with Gasteiger partial charge >= 0.3 is 118 Å². The number of ether oxygens (including phenoxy) is 2. The number of rotatable bonds is 11. The molecule has 4 aromatic rings. The Labute approximate surface area is 263 Å². The van der Waals surface area contributed by atoms with Crippen molar-refractivity contribution in [3.05, 3.63) is 82.8 Å². The summed E-state index contributed by atoms with van der Waals surface area (Å²) >= 11 is 0. The van der Waals surface area contributed by atoms with Crippen LogP contribution in [0.2, 0.25) is 0 Å². The van der Waals surface area contributed by atoms with Crippen molar-refractivity contribution in [3.63, 3.8) is 0 Å². The fraction of sp³-hybridized carbons (Fsp3) is 0.241. The van der Waals surface area contributed by atoms with E-state index in [9.17, 15) is 19.2 Å². The number of imide groups is 1. The minimum Gasteiger partial charge on any atom is -0.0366 e. The second-order valence-electron chi connectivity index (χ2n) is 9.79. The number of anilines is 2. The van der Waals surface area contributed by atoms with Crippen LogP contribution >= 0.6 is 8.17 Å². The molecule has 0 fully saturated rings. The summed E-state index contributed by atoms with van der Waals surface area (Å²) in [6, 6.07) is 10.1. The number of hydrogen-bond acceptors (Lipinski definition) is 13. The fourth-order valence-corrected chi connectivity index (χ4v) is 4.82. The van der Waals surface area contributed by atoms with E-state index in [2.05, 4.69) is 25.2 Å². The first-order chi connectivity index (χ1) is 21.8. The van der Waals surface area contributed by atoms with Crippen LogP contribution in [0.5, 0.6) is 5.75 Å². The van der Waals surface area contributed by atoms with E-state index in [0.29, 0.717) is 34.7 Å². The maximum Gasteiger partial charge on any atom is 0.111 e. The average Bonchev–Trinajstić information content (AvgIpc) is 3.35. The number of carbonyl (C=O) groups excluding carboxylic acids is 4. The summed E-state index contributed by atoms with van der Waals surface area (Å²) in [5, 5.41) is 10.2. The zero-order valence-electron chi connectivity index (χ0n) is 25.3. The van der Waals surface area contributed by atoms with Crippen LogP contribution in [0.3, 0.4) is 0 Å². The van der Waals surface area contributed by atoms with Crippen molar-refractivity contribution in [1.82, 2.24) is 24.8 Å². The smallest absolute Gasteiger partial charge is 0.0366 e. The molecule has 16 nitrogen and oxygen atoms in total. The van der Waals surface area contributed by atoms with Crippen LogP contribution in [-0.2, 0) is 9.47 Å². The molecule has 0 bridgehead atoms. The van der Waals surface area contributed by atoms with Crippen LogP contribution in [0, 0.1) is 13.8 Å².